The first-order chi connectivity index (χ1) is 18.2. The van der Waals surface area contributed by atoms with E-state index in [2.05, 4.69) is 21.3 Å². The summed E-state index contributed by atoms with van der Waals surface area (Å²) < 4.78 is 5.39. The number of hydrogen-bond acceptors (Lipinski definition) is 6. The van der Waals surface area contributed by atoms with Crippen LogP contribution in [0.4, 0.5) is 9.59 Å². The molecule has 0 aliphatic heterocycles. The van der Waals surface area contributed by atoms with Crippen LogP contribution in [0.15, 0.2) is 60.7 Å². The van der Waals surface area contributed by atoms with E-state index >= 15 is 0 Å². The van der Waals surface area contributed by atoms with Crippen molar-refractivity contribution in [1.29, 1.82) is 0 Å². The first-order valence-electron chi connectivity index (χ1n) is 13.4. The van der Waals surface area contributed by atoms with Crippen LogP contribution in [-0.4, -0.2) is 70.9 Å². The Hall–Kier alpha value is -3.14. The van der Waals surface area contributed by atoms with Crippen molar-refractivity contribution in [2.75, 3.05) is 13.1 Å². The third-order valence-electron chi connectivity index (χ3n) is 5.74. The molecule has 0 spiro atoms. The Morgan fingerprint density at radius 2 is 1.18 bits per heavy atom. The van der Waals surface area contributed by atoms with Gasteiger partial charge in [0.1, 0.15) is 5.60 Å². The fourth-order valence-electron chi connectivity index (χ4n) is 3.97. The van der Waals surface area contributed by atoms with Gasteiger partial charge in [0.25, 0.3) is 0 Å². The third kappa shape index (κ3) is 13.5. The smallest absolute Gasteiger partial charge is 0.407 e. The number of alkyl carbamates (subject to hydrolysis) is 1. The minimum atomic E-state index is -0.963. The molecule has 0 radical (unpaired) electrons. The van der Waals surface area contributed by atoms with Gasteiger partial charge in [-0.1, -0.05) is 60.7 Å². The topological polar surface area (TPSA) is 132 Å². The summed E-state index contributed by atoms with van der Waals surface area (Å²) in [6.07, 6.45) is -1.68. The van der Waals surface area contributed by atoms with E-state index in [4.69, 9.17) is 4.74 Å². The highest BCUT2D eigenvalue weighted by molar-refractivity contribution is 5.75. The number of carbonyl (C=O) groups excluding carboxylic acids is 2. The Bertz CT molecular complexity index is 924. The number of urea groups is 1. The van der Waals surface area contributed by atoms with Gasteiger partial charge in [0.2, 0.25) is 0 Å². The minimum Gasteiger partial charge on any atom is -0.444 e. The van der Waals surface area contributed by atoms with Gasteiger partial charge in [0.05, 0.1) is 24.3 Å². The maximum Gasteiger partial charge on any atom is 0.407 e. The summed E-state index contributed by atoms with van der Waals surface area (Å²) in [6, 6.07) is 17.6. The highest BCUT2D eigenvalue weighted by Gasteiger charge is 2.27. The molecule has 2 aromatic carbocycles. The van der Waals surface area contributed by atoms with Gasteiger partial charge >= 0.3 is 12.1 Å². The van der Waals surface area contributed by atoms with Crippen LogP contribution in [0.1, 0.15) is 52.7 Å². The van der Waals surface area contributed by atoms with E-state index in [0.29, 0.717) is 12.8 Å². The Kier molecular flexibility index (Phi) is 12.2. The molecule has 0 aliphatic carbocycles. The normalized spacial score (nSPS) is 15.0. The number of ether oxygens (including phenoxy) is 1. The number of carbonyl (C=O) groups is 2. The zero-order chi connectivity index (χ0) is 29.1. The van der Waals surface area contributed by atoms with Crippen molar-refractivity contribution in [3.8, 4) is 0 Å². The standard InChI is InChI=1S/C30H46N4O5/c1-29(2,3)34-27(37)32-23(17-21-13-9-7-10-14-21)25(35)19-31-20-26(36)24(18-22-15-11-8-12-16-22)33-28(38)39-30(4,5)6/h7-16,23-26,31,35-36H,17-20H2,1-6H3,(H,33,38)(H2,32,34,37)/t23-,24-,25+,26+/m1/s1. The summed E-state index contributed by atoms with van der Waals surface area (Å²) in [4.78, 5) is 25.0. The molecule has 0 fully saturated rings. The lowest BCUT2D eigenvalue weighted by molar-refractivity contribution is 0.0416. The maximum atomic E-state index is 12.6. The molecule has 0 saturated heterocycles. The van der Waals surface area contributed by atoms with E-state index in [1.807, 2.05) is 81.4 Å². The van der Waals surface area contributed by atoms with Crippen LogP contribution in [0.3, 0.4) is 0 Å². The van der Waals surface area contributed by atoms with Gasteiger partial charge in [-0.15, -0.1) is 0 Å². The van der Waals surface area contributed by atoms with Crippen molar-refractivity contribution < 1.29 is 24.5 Å². The molecule has 0 heterocycles. The van der Waals surface area contributed by atoms with Crippen molar-refractivity contribution >= 4 is 12.1 Å². The first-order valence-corrected chi connectivity index (χ1v) is 13.4. The number of benzene rings is 2. The number of rotatable bonds is 12. The number of nitrogens with one attached hydrogen (secondary N) is 4. The van der Waals surface area contributed by atoms with Gasteiger partial charge < -0.3 is 36.2 Å². The second-order valence-electron chi connectivity index (χ2n) is 11.9. The molecule has 9 nitrogen and oxygen atoms in total. The summed E-state index contributed by atoms with van der Waals surface area (Å²) in [7, 11) is 0. The zero-order valence-electron chi connectivity index (χ0n) is 24.0. The molecular weight excluding hydrogens is 496 g/mol. The molecule has 0 unspecified atom stereocenters. The fraction of sp³-hybridized carbons (Fsp3) is 0.533. The Balaban J connectivity index is 2.03. The molecule has 6 N–H and O–H groups in total. The zero-order valence-corrected chi connectivity index (χ0v) is 24.0. The van der Waals surface area contributed by atoms with Gasteiger partial charge in [-0.2, -0.15) is 0 Å². The molecule has 2 aromatic rings. The van der Waals surface area contributed by atoms with E-state index in [1.165, 1.54) is 0 Å². The average molecular weight is 543 g/mol. The molecular formula is C30H46N4O5. The molecule has 2 rings (SSSR count). The molecule has 4 atom stereocenters. The number of aliphatic hydroxyl groups excluding tert-OH is 2. The van der Waals surface area contributed by atoms with Gasteiger partial charge in [-0.25, -0.2) is 9.59 Å². The lowest BCUT2D eigenvalue weighted by atomic mass is 10.00. The largest absolute Gasteiger partial charge is 0.444 e. The van der Waals surface area contributed by atoms with Crippen LogP contribution in [0.5, 0.6) is 0 Å². The fourth-order valence-corrected chi connectivity index (χ4v) is 3.97. The summed E-state index contributed by atoms with van der Waals surface area (Å²) in [5.74, 6) is 0. The van der Waals surface area contributed by atoms with E-state index in [9.17, 15) is 19.8 Å². The van der Waals surface area contributed by atoms with Crippen LogP contribution in [0, 0.1) is 0 Å². The molecule has 0 saturated carbocycles. The van der Waals surface area contributed by atoms with Crippen molar-refractivity contribution in [1.82, 2.24) is 21.3 Å². The lowest BCUT2D eigenvalue weighted by Gasteiger charge is -2.29. The second kappa shape index (κ2) is 14.9. The van der Waals surface area contributed by atoms with Gasteiger partial charge in [-0.05, 0) is 65.5 Å². The molecule has 3 amide bonds. The van der Waals surface area contributed by atoms with Gasteiger partial charge in [0.15, 0.2) is 0 Å². The lowest BCUT2D eigenvalue weighted by Crippen LogP contribution is -2.55. The van der Waals surface area contributed by atoms with Crippen LogP contribution in [0.25, 0.3) is 0 Å². The predicted molar refractivity (Wildman–Crippen MR) is 154 cm³/mol. The Morgan fingerprint density at radius 1 is 0.744 bits per heavy atom. The predicted octanol–water partition coefficient (Wildman–Crippen LogP) is 3.14. The Morgan fingerprint density at radius 3 is 1.59 bits per heavy atom. The van der Waals surface area contributed by atoms with E-state index in [1.54, 1.807) is 20.8 Å². The number of hydrogen-bond donors (Lipinski definition) is 6. The summed E-state index contributed by atoms with van der Waals surface area (Å²) in [5.41, 5.74) is 0.829. The van der Waals surface area contributed by atoms with Crippen LogP contribution < -0.4 is 21.3 Å². The summed E-state index contributed by atoms with van der Waals surface area (Å²) >= 11 is 0. The minimum absolute atomic E-state index is 0.108. The van der Waals surface area contributed by atoms with Crippen molar-refractivity contribution in [2.45, 2.75) is 89.8 Å². The monoisotopic (exact) mass is 542 g/mol. The maximum absolute atomic E-state index is 12.6. The summed E-state index contributed by atoms with van der Waals surface area (Å²) in [6.45, 7) is 11.2. The highest BCUT2D eigenvalue weighted by atomic mass is 16.6. The average Bonchev–Trinajstić information content (AvgIpc) is 2.82. The van der Waals surface area contributed by atoms with Gasteiger partial charge in [-0.3, -0.25) is 0 Å². The molecule has 9 heteroatoms. The van der Waals surface area contributed by atoms with Crippen molar-refractivity contribution in [3.63, 3.8) is 0 Å². The molecule has 0 aromatic heterocycles. The SMILES string of the molecule is CC(C)(C)NC(=O)N[C@H](Cc1ccccc1)[C@@H](O)CNC[C@H](O)[C@@H](Cc1ccccc1)NC(=O)OC(C)(C)C. The first kappa shape index (κ1) is 32.1. The number of aliphatic hydroxyl groups is 2. The summed E-state index contributed by atoms with van der Waals surface area (Å²) in [5, 5.41) is 33.6. The second-order valence-corrected chi connectivity index (χ2v) is 11.9. The van der Waals surface area contributed by atoms with Crippen molar-refractivity contribution in [2.24, 2.45) is 0 Å². The van der Waals surface area contributed by atoms with Gasteiger partial charge in [0, 0.05) is 18.6 Å². The molecule has 39 heavy (non-hydrogen) atoms. The van der Waals surface area contributed by atoms with E-state index in [-0.39, 0.29) is 19.1 Å². The molecule has 0 bridgehead atoms. The molecule has 0 aliphatic rings. The highest BCUT2D eigenvalue weighted by Crippen LogP contribution is 2.11. The third-order valence-corrected chi connectivity index (χ3v) is 5.74. The Labute approximate surface area is 232 Å². The van der Waals surface area contributed by atoms with E-state index < -0.39 is 41.5 Å². The molecule has 216 valence electrons. The van der Waals surface area contributed by atoms with Crippen LogP contribution in [0.2, 0.25) is 0 Å². The number of amides is 3. The van der Waals surface area contributed by atoms with Crippen molar-refractivity contribution in [3.05, 3.63) is 71.8 Å². The quantitative estimate of drug-likeness (QED) is 0.244. The van der Waals surface area contributed by atoms with Crippen LogP contribution in [-0.2, 0) is 17.6 Å². The van der Waals surface area contributed by atoms with E-state index in [0.717, 1.165) is 11.1 Å². The van der Waals surface area contributed by atoms with Crippen LogP contribution >= 0.6 is 0 Å².